The molecule has 0 saturated heterocycles. The maximum Gasteiger partial charge on any atom is 0.312 e. The van der Waals surface area contributed by atoms with Gasteiger partial charge in [-0.05, 0) is 62.6 Å². The molecule has 13 heteroatoms. The van der Waals surface area contributed by atoms with Gasteiger partial charge in [-0.1, -0.05) is 37.6 Å². The number of carbonyl (C=O) groups is 1. The van der Waals surface area contributed by atoms with E-state index in [4.69, 9.17) is 16.3 Å². The van der Waals surface area contributed by atoms with Crippen molar-refractivity contribution in [3.63, 3.8) is 0 Å². The molecule has 0 aliphatic carbocycles. The van der Waals surface area contributed by atoms with Gasteiger partial charge in [-0.3, -0.25) is 9.59 Å². The van der Waals surface area contributed by atoms with E-state index in [1.165, 1.54) is 34.8 Å². The second-order valence-corrected chi connectivity index (χ2v) is 11.7. The van der Waals surface area contributed by atoms with Crippen molar-refractivity contribution < 1.29 is 23.1 Å². The number of H-pyrrole nitrogens is 1. The zero-order valence-corrected chi connectivity index (χ0v) is 24.7. The molecule has 0 aliphatic heterocycles. The molecule has 2 heterocycles. The lowest BCUT2D eigenvalue weighted by Gasteiger charge is -2.16. The summed E-state index contributed by atoms with van der Waals surface area (Å²) < 4.78 is 36.3. The number of carboxylic acid groups (broad SMARTS) is 1. The van der Waals surface area contributed by atoms with Crippen molar-refractivity contribution in [1.29, 1.82) is 0 Å². The summed E-state index contributed by atoms with van der Waals surface area (Å²) in [6.45, 7) is 7.49. The molecule has 2 aromatic heterocycles. The van der Waals surface area contributed by atoms with Crippen molar-refractivity contribution >= 4 is 33.1 Å². The molecule has 0 aliphatic rings. The van der Waals surface area contributed by atoms with E-state index in [1.807, 2.05) is 13.8 Å². The minimum atomic E-state index is -4.18. The van der Waals surface area contributed by atoms with Gasteiger partial charge in [0.2, 0.25) is 10.0 Å². The molecule has 0 radical (unpaired) electrons. The Bertz CT molecular complexity index is 1730. The van der Waals surface area contributed by atoms with E-state index in [0.717, 1.165) is 12.8 Å². The van der Waals surface area contributed by atoms with Crippen LogP contribution in [0.3, 0.4) is 0 Å². The fourth-order valence-corrected chi connectivity index (χ4v) is 5.89. The van der Waals surface area contributed by atoms with Crippen LogP contribution in [0.15, 0.2) is 52.2 Å². The fourth-order valence-electron chi connectivity index (χ4n) is 4.69. The van der Waals surface area contributed by atoms with E-state index < -0.39 is 34.0 Å². The van der Waals surface area contributed by atoms with Crippen LogP contribution >= 0.6 is 11.6 Å². The van der Waals surface area contributed by atoms with Gasteiger partial charge < -0.3 is 14.8 Å². The maximum atomic E-state index is 13.3. The Morgan fingerprint density at radius 1 is 1.15 bits per heavy atom. The van der Waals surface area contributed by atoms with Gasteiger partial charge >= 0.3 is 5.97 Å². The summed E-state index contributed by atoms with van der Waals surface area (Å²) in [5, 5.41) is 14.8. The third kappa shape index (κ3) is 6.29. The fraction of sp³-hybridized carbons (Fsp3) is 0.357. The normalized spacial score (nSPS) is 12.6. The van der Waals surface area contributed by atoms with Gasteiger partial charge in [0, 0.05) is 17.5 Å². The molecule has 1 atom stereocenters. The van der Waals surface area contributed by atoms with Crippen LogP contribution in [0.4, 0.5) is 0 Å². The lowest BCUT2D eigenvalue weighted by atomic mass is 10.00. The molecule has 0 spiro atoms. The molecule has 11 nitrogen and oxygen atoms in total. The number of hydrogen-bond donors (Lipinski definition) is 3. The molecule has 41 heavy (non-hydrogen) atoms. The highest BCUT2D eigenvalue weighted by molar-refractivity contribution is 7.89. The van der Waals surface area contributed by atoms with Crippen molar-refractivity contribution in [1.82, 2.24) is 24.3 Å². The molecule has 0 fully saturated rings. The van der Waals surface area contributed by atoms with Crippen molar-refractivity contribution in [3.05, 3.63) is 74.9 Å². The Kier molecular flexibility index (Phi) is 9.15. The Morgan fingerprint density at radius 3 is 2.44 bits per heavy atom. The minimum Gasteiger partial charge on any atom is -0.493 e. The minimum absolute atomic E-state index is 0.0726. The van der Waals surface area contributed by atoms with Crippen LogP contribution in [-0.4, -0.2) is 52.2 Å². The van der Waals surface area contributed by atoms with Gasteiger partial charge in [-0.25, -0.2) is 22.6 Å². The number of fused-ring (bicyclic) bond motifs is 1. The lowest BCUT2D eigenvalue weighted by Crippen LogP contribution is -2.31. The van der Waals surface area contributed by atoms with Crippen molar-refractivity contribution in [3.8, 4) is 17.1 Å². The first kappa shape index (κ1) is 30.2. The maximum absolute atomic E-state index is 13.3. The number of nitrogens with zero attached hydrogens (tertiary/aromatic N) is 3. The average Bonchev–Trinajstić information content (AvgIpc) is 3.27. The van der Waals surface area contributed by atoms with E-state index in [1.54, 1.807) is 26.0 Å². The quantitative estimate of drug-likeness (QED) is 0.214. The zero-order valence-electron chi connectivity index (χ0n) is 23.1. The summed E-state index contributed by atoms with van der Waals surface area (Å²) in [5.74, 6) is -1.18. The number of rotatable bonds is 12. The van der Waals surface area contributed by atoms with E-state index in [0.29, 0.717) is 33.4 Å². The van der Waals surface area contributed by atoms with Crippen LogP contribution < -0.4 is 15.0 Å². The number of aliphatic carboxylic acids is 1. The molecule has 0 amide bonds. The monoisotopic (exact) mass is 601 g/mol. The van der Waals surface area contributed by atoms with Crippen LogP contribution in [0.25, 0.3) is 16.9 Å². The Balaban J connectivity index is 1.76. The first-order valence-electron chi connectivity index (χ1n) is 13.2. The Morgan fingerprint density at radius 2 is 1.83 bits per heavy atom. The first-order chi connectivity index (χ1) is 19.5. The van der Waals surface area contributed by atoms with Gasteiger partial charge in [-0.2, -0.15) is 0 Å². The molecule has 1 unspecified atom stereocenters. The molecule has 3 N–H and O–H groups in total. The average molecular weight is 602 g/mol. The number of hydrogen-bond acceptors (Lipinski definition) is 7. The third-order valence-corrected chi connectivity index (χ3v) is 8.59. The second kappa shape index (κ2) is 12.4. The number of aromatic amines is 1. The summed E-state index contributed by atoms with van der Waals surface area (Å²) in [7, 11) is -4.18. The van der Waals surface area contributed by atoms with E-state index in [-0.39, 0.29) is 28.8 Å². The Hall–Kier alpha value is -3.74. The number of ether oxygens (including phenoxy) is 1. The van der Waals surface area contributed by atoms with Crippen molar-refractivity contribution in [2.45, 2.75) is 57.3 Å². The highest BCUT2D eigenvalue weighted by Crippen LogP contribution is 2.31. The summed E-state index contributed by atoms with van der Waals surface area (Å²) in [6, 6.07) is 10.3. The molecule has 4 aromatic rings. The number of aryl methyl sites for hydroxylation is 1. The molecular formula is C28H32ClN5O6S. The van der Waals surface area contributed by atoms with Crippen molar-refractivity contribution in [2.75, 3.05) is 13.2 Å². The smallest absolute Gasteiger partial charge is 0.312 e. The van der Waals surface area contributed by atoms with E-state index in [2.05, 4.69) is 19.8 Å². The number of halogens is 1. The number of sulfonamides is 1. The van der Waals surface area contributed by atoms with Gasteiger partial charge in [-0.15, -0.1) is 5.10 Å². The van der Waals surface area contributed by atoms with E-state index >= 15 is 0 Å². The van der Waals surface area contributed by atoms with Gasteiger partial charge in [0.15, 0.2) is 11.3 Å². The van der Waals surface area contributed by atoms with Crippen molar-refractivity contribution in [2.24, 2.45) is 0 Å². The number of imidazole rings is 1. The Labute approximate surface area is 242 Å². The van der Waals surface area contributed by atoms with Gasteiger partial charge in [0.1, 0.15) is 11.6 Å². The van der Waals surface area contributed by atoms with Gasteiger partial charge in [0.05, 0.1) is 28.7 Å². The molecule has 4 rings (SSSR count). The number of aromatic nitrogens is 4. The summed E-state index contributed by atoms with van der Waals surface area (Å²) >= 11 is 5.91. The third-order valence-electron chi connectivity index (χ3n) is 6.92. The molecular weight excluding hydrogens is 570 g/mol. The first-order valence-corrected chi connectivity index (χ1v) is 15.1. The SMILES string of the molecule is CCOc1ccc(S(=O)(=O)NCC(C(=O)O)c2ccc(Cl)cc2)cc1-c1nn2c(C(CC)CC)nc(C)c2c(=O)[nH]1. The standard InChI is InChI=1S/C28H32ClN5O6S/c1-5-17(6-2)26-31-16(4)24-27(35)32-25(33-34(24)26)21-14-20(12-13-23(21)40-7-3)41(38,39)30-15-22(28(36)37)18-8-10-19(29)11-9-18/h8-14,17,22,30H,5-7,15H2,1-4H3,(H,36,37)(H,32,33,35). The van der Waals surface area contributed by atoms with Crippen LogP contribution in [0.2, 0.25) is 5.02 Å². The second-order valence-electron chi connectivity index (χ2n) is 9.52. The number of nitrogens with one attached hydrogen (secondary N) is 2. The summed E-state index contributed by atoms with van der Waals surface area (Å²) in [6.07, 6.45) is 1.60. The number of benzene rings is 2. The van der Waals surface area contributed by atoms with Crippen LogP contribution in [0.1, 0.15) is 62.5 Å². The molecule has 218 valence electrons. The highest BCUT2D eigenvalue weighted by Gasteiger charge is 2.26. The molecule has 2 aromatic carbocycles. The van der Waals surface area contributed by atoms with Crippen LogP contribution in [0, 0.1) is 6.92 Å². The molecule has 0 saturated carbocycles. The predicted octanol–water partition coefficient (Wildman–Crippen LogP) is 4.50. The van der Waals surface area contributed by atoms with Gasteiger partial charge in [0.25, 0.3) is 5.56 Å². The number of carboxylic acids is 1. The largest absolute Gasteiger partial charge is 0.493 e. The van der Waals surface area contributed by atoms with Crippen LogP contribution in [-0.2, 0) is 14.8 Å². The molecule has 0 bridgehead atoms. The zero-order chi connectivity index (χ0) is 29.9. The highest BCUT2D eigenvalue weighted by atomic mass is 35.5. The van der Waals surface area contributed by atoms with E-state index in [9.17, 15) is 23.1 Å². The summed E-state index contributed by atoms with van der Waals surface area (Å²) in [4.78, 5) is 32.3. The lowest BCUT2D eigenvalue weighted by molar-refractivity contribution is -0.138. The topological polar surface area (TPSA) is 156 Å². The summed E-state index contributed by atoms with van der Waals surface area (Å²) in [5.41, 5.74) is 1.10. The predicted molar refractivity (Wildman–Crippen MR) is 155 cm³/mol. The van der Waals surface area contributed by atoms with Crippen LogP contribution in [0.5, 0.6) is 5.75 Å².